The number of thiophene rings is 1. The fourth-order valence-corrected chi connectivity index (χ4v) is 2.85. The molecule has 1 heterocycles. The molecule has 0 unspecified atom stereocenters. The first-order valence-electron chi connectivity index (χ1n) is 7.57. The number of carbonyl (C=O) groups is 1. The molecule has 130 valence electrons. The van der Waals surface area contributed by atoms with Gasteiger partial charge in [-0.05, 0) is 42.2 Å². The van der Waals surface area contributed by atoms with Gasteiger partial charge in [0, 0.05) is 10.9 Å². The van der Waals surface area contributed by atoms with Crippen molar-refractivity contribution >= 4 is 17.2 Å². The number of hydrogen-bond donors (Lipinski definition) is 1. The minimum Gasteiger partial charge on any atom is -0.348 e. The summed E-state index contributed by atoms with van der Waals surface area (Å²) in [5.74, 6) is -0.208. The first-order chi connectivity index (χ1) is 11.0. The zero-order valence-corrected chi connectivity index (χ0v) is 14.8. The van der Waals surface area contributed by atoms with Crippen LogP contribution in [0.1, 0.15) is 42.9 Å². The maximum Gasteiger partial charge on any atom is 0.416 e. The van der Waals surface area contributed by atoms with Gasteiger partial charge < -0.3 is 5.32 Å². The molecule has 2 aromatic rings. The molecule has 0 saturated carbocycles. The Morgan fingerprint density at radius 3 is 2.38 bits per heavy atom. The molecule has 1 aromatic heterocycles. The number of rotatable bonds is 3. The van der Waals surface area contributed by atoms with Gasteiger partial charge in [-0.3, -0.25) is 4.79 Å². The average molecular weight is 355 g/mol. The normalized spacial score (nSPS) is 13.6. The van der Waals surface area contributed by atoms with Gasteiger partial charge in [0.1, 0.15) is 0 Å². The minimum atomic E-state index is -4.38. The summed E-state index contributed by atoms with van der Waals surface area (Å²) < 4.78 is 38.4. The van der Waals surface area contributed by atoms with Crippen molar-refractivity contribution in [3.8, 4) is 10.4 Å². The van der Waals surface area contributed by atoms with Crippen LogP contribution in [0.3, 0.4) is 0 Å². The van der Waals surface area contributed by atoms with Gasteiger partial charge in [0.25, 0.3) is 5.91 Å². The van der Waals surface area contributed by atoms with Gasteiger partial charge in [-0.2, -0.15) is 13.2 Å². The van der Waals surface area contributed by atoms with Gasteiger partial charge in [-0.1, -0.05) is 32.9 Å². The van der Waals surface area contributed by atoms with E-state index in [4.69, 9.17) is 0 Å². The standard InChI is InChI=1S/C18H20F3NOS/c1-11(17(2,3)4)22-16(23)15-9-8-14(24-15)12-6-5-7-13(10-12)18(19,20)21/h5-11H,1-4H3,(H,22,23)/t11-/m1/s1. The Morgan fingerprint density at radius 2 is 1.79 bits per heavy atom. The smallest absolute Gasteiger partial charge is 0.348 e. The lowest BCUT2D eigenvalue weighted by Gasteiger charge is -2.27. The Bertz CT molecular complexity index is 728. The highest BCUT2D eigenvalue weighted by atomic mass is 32.1. The molecular weight excluding hydrogens is 335 g/mol. The summed E-state index contributed by atoms with van der Waals surface area (Å²) in [6.45, 7) is 8.01. The van der Waals surface area contributed by atoms with E-state index in [9.17, 15) is 18.0 Å². The largest absolute Gasteiger partial charge is 0.416 e. The van der Waals surface area contributed by atoms with Crippen molar-refractivity contribution in [2.75, 3.05) is 0 Å². The van der Waals surface area contributed by atoms with Crippen LogP contribution >= 0.6 is 11.3 Å². The molecule has 24 heavy (non-hydrogen) atoms. The van der Waals surface area contributed by atoms with Crippen LogP contribution in [0.4, 0.5) is 13.2 Å². The molecule has 2 rings (SSSR count). The zero-order chi connectivity index (χ0) is 18.1. The number of nitrogens with one attached hydrogen (secondary N) is 1. The van der Waals surface area contributed by atoms with Crippen LogP contribution in [-0.2, 0) is 6.18 Å². The fraction of sp³-hybridized carbons (Fsp3) is 0.389. The summed E-state index contributed by atoms with van der Waals surface area (Å²) in [7, 11) is 0. The summed E-state index contributed by atoms with van der Waals surface area (Å²) in [4.78, 5) is 13.4. The summed E-state index contributed by atoms with van der Waals surface area (Å²) in [5.41, 5.74) is -0.310. The van der Waals surface area contributed by atoms with Crippen molar-refractivity contribution in [2.24, 2.45) is 5.41 Å². The molecule has 1 aromatic carbocycles. The molecule has 1 atom stereocenters. The van der Waals surface area contributed by atoms with Crippen LogP contribution in [0.5, 0.6) is 0 Å². The highest BCUT2D eigenvalue weighted by Crippen LogP contribution is 2.34. The van der Waals surface area contributed by atoms with E-state index in [0.29, 0.717) is 15.3 Å². The first-order valence-corrected chi connectivity index (χ1v) is 8.38. The first kappa shape index (κ1) is 18.5. The van der Waals surface area contributed by atoms with Crippen molar-refractivity contribution in [3.05, 3.63) is 46.8 Å². The van der Waals surface area contributed by atoms with E-state index in [2.05, 4.69) is 5.32 Å². The van der Waals surface area contributed by atoms with Crippen molar-refractivity contribution in [1.29, 1.82) is 0 Å². The maximum absolute atomic E-state index is 12.8. The average Bonchev–Trinajstić information content (AvgIpc) is 2.95. The van der Waals surface area contributed by atoms with Crippen LogP contribution < -0.4 is 5.32 Å². The predicted octanol–water partition coefficient (Wildman–Crippen LogP) is 5.60. The van der Waals surface area contributed by atoms with Crippen molar-refractivity contribution in [3.63, 3.8) is 0 Å². The lowest BCUT2D eigenvalue weighted by molar-refractivity contribution is -0.137. The monoisotopic (exact) mass is 355 g/mol. The predicted molar refractivity (Wildman–Crippen MR) is 91.1 cm³/mol. The molecule has 0 aliphatic heterocycles. The molecular formula is C18H20F3NOS. The van der Waals surface area contributed by atoms with Crippen molar-refractivity contribution < 1.29 is 18.0 Å². The van der Waals surface area contributed by atoms with Crippen LogP contribution in [0.2, 0.25) is 0 Å². The zero-order valence-electron chi connectivity index (χ0n) is 14.0. The highest BCUT2D eigenvalue weighted by Gasteiger charge is 2.30. The summed E-state index contributed by atoms with van der Waals surface area (Å²) in [6.07, 6.45) is -4.38. The second-order valence-corrected chi connectivity index (χ2v) is 7.89. The molecule has 0 bridgehead atoms. The SMILES string of the molecule is C[C@@H](NC(=O)c1ccc(-c2cccc(C(F)(F)F)c2)s1)C(C)(C)C. The van der Waals surface area contributed by atoms with Crippen LogP contribution in [-0.4, -0.2) is 11.9 Å². The van der Waals surface area contributed by atoms with Gasteiger partial charge in [0.15, 0.2) is 0 Å². The third-order valence-corrected chi connectivity index (χ3v) is 5.08. The number of halogens is 3. The van der Waals surface area contributed by atoms with E-state index in [0.717, 1.165) is 12.1 Å². The molecule has 0 radical (unpaired) electrons. The van der Waals surface area contributed by atoms with E-state index < -0.39 is 11.7 Å². The molecule has 1 N–H and O–H groups in total. The molecule has 0 aliphatic rings. The van der Waals surface area contributed by atoms with E-state index in [1.807, 2.05) is 27.7 Å². The lowest BCUT2D eigenvalue weighted by atomic mass is 9.88. The summed E-state index contributed by atoms with van der Waals surface area (Å²) in [5, 5.41) is 2.93. The Labute approximate surface area is 143 Å². The third kappa shape index (κ3) is 4.38. The Kier molecular flexibility index (Phi) is 5.08. The Balaban J connectivity index is 2.21. The molecule has 1 amide bonds. The quantitative estimate of drug-likeness (QED) is 0.763. The van der Waals surface area contributed by atoms with E-state index >= 15 is 0 Å². The Hall–Kier alpha value is -1.82. The number of carbonyl (C=O) groups excluding carboxylic acids is 1. The molecule has 6 heteroatoms. The molecule has 0 aliphatic carbocycles. The van der Waals surface area contributed by atoms with Gasteiger partial charge in [-0.15, -0.1) is 11.3 Å². The molecule has 2 nitrogen and oxygen atoms in total. The molecule has 0 fully saturated rings. The summed E-state index contributed by atoms with van der Waals surface area (Å²) in [6, 6.07) is 8.42. The van der Waals surface area contributed by atoms with Gasteiger partial charge in [-0.25, -0.2) is 0 Å². The van der Waals surface area contributed by atoms with Crippen LogP contribution in [0, 0.1) is 5.41 Å². The van der Waals surface area contributed by atoms with Crippen LogP contribution in [0.25, 0.3) is 10.4 Å². The number of benzene rings is 1. The Morgan fingerprint density at radius 1 is 1.12 bits per heavy atom. The topological polar surface area (TPSA) is 29.1 Å². The van der Waals surface area contributed by atoms with Crippen LogP contribution in [0.15, 0.2) is 36.4 Å². The molecule has 0 spiro atoms. The van der Waals surface area contributed by atoms with E-state index in [1.165, 1.54) is 17.4 Å². The highest BCUT2D eigenvalue weighted by molar-refractivity contribution is 7.17. The second kappa shape index (κ2) is 6.59. The fourth-order valence-electron chi connectivity index (χ4n) is 1.95. The third-order valence-electron chi connectivity index (χ3n) is 3.95. The number of alkyl halides is 3. The number of amides is 1. The number of hydrogen-bond acceptors (Lipinski definition) is 2. The minimum absolute atomic E-state index is 0.0240. The van der Waals surface area contributed by atoms with Gasteiger partial charge >= 0.3 is 6.18 Å². The lowest BCUT2D eigenvalue weighted by Crippen LogP contribution is -2.41. The van der Waals surface area contributed by atoms with Crippen molar-refractivity contribution in [2.45, 2.75) is 39.9 Å². The van der Waals surface area contributed by atoms with Gasteiger partial charge in [0.2, 0.25) is 0 Å². The second-order valence-electron chi connectivity index (χ2n) is 6.80. The van der Waals surface area contributed by atoms with Gasteiger partial charge in [0.05, 0.1) is 10.4 Å². The van der Waals surface area contributed by atoms with E-state index in [1.54, 1.807) is 18.2 Å². The molecule has 0 saturated heterocycles. The van der Waals surface area contributed by atoms with Crippen molar-refractivity contribution in [1.82, 2.24) is 5.32 Å². The van der Waals surface area contributed by atoms with E-state index in [-0.39, 0.29) is 17.4 Å². The maximum atomic E-state index is 12.8. The summed E-state index contributed by atoms with van der Waals surface area (Å²) >= 11 is 1.19.